The summed E-state index contributed by atoms with van der Waals surface area (Å²) < 4.78 is 11.0. The van der Waals surface area contributed by atoms with Gasteiger partial charge in [-0.25, -0.2) is 10.4 Å². The first-order valence-corrected chi connectivity index (χ1v) is 10.1. The predicted octanol–water partition coefficient (Wildman–Crippen LogP) is 3.94. The van der Waals surface area contributed by atoms with Gasteiger partial charge in [-0.05, 0) is 31.5 Å². The molecule has 0 saturated carbocycles. The summed E-state index contributed by atoms with van der Waals surface area (Å²) in [6, 6.07) is 18.3. The SMILES string of the molecule is Cc1noc(C)c1COc1cccc(C=NNc2nc(-c3ccccc3)c(C#N)c(=O)[nH]2)c1. The molecular formula is C24H20N6O3. The topological polar surface area (TPSA) is 129 Å². The van der Waals surface area contributed by atoms with Gasteiger partial charge in [-0.2, -0.15) is 10.4 Å². The highest BCUT2D eigenvalue weighted by Crippen LogP contribution is 2.20. The van der Waals surface area contributed by atoms with Gasteiger partial charge in [-0.3, -0.25) is 9.78 Å². The molecular weight excluding hydrogens is 420 g/mol. The Bertz CT molecular complexity index is 1380. The van der Waals surface area contributed by atoms with E-state index < -0.39 is 5.56 Å². The number of rotatable bonds is 7. The van der Waals surface area contributed by atoms with E-state index >= 15 is 0 Å². The van der Waals surface area contributed by atoms with E-state index in [2.05, 4.69) is 25.7 Å². The zero-order chi connectivity index (χ0) is 23.2. The monoisotopic (exact) mass is 440 g/mol. The minimum absolute atomic E-state index is 0.0566. The highest BCUT2D eigenvalue weighted by atomic mass is 16.5. The lowest BCUT2D eigenvalue weighted by Gasteiger charge is -2.07. The van der Waals surface area contributed by atoms with Gasteiger partial charge in [-0.1, -0.05) is 47.6 Å². The van der Waals surface area contributed by atoms with E-state index in [9.17, 15) is 10.1 Å². The first-order valence-electron chi connectivity index (χ1n) is 10.1. The molecule has 0 atom stereocenters. The summed E-state index contributed by atoms with van der Waals surface area (Å²) in [5.74, 6) is 1.52. The number of H-pyrrole nitrogens is 1. The standard InChI is InChI=1S/C24H20N6O3/c1-15-21(16(2)33-30-15)14-32-19-10-6-7-17(11-19)13-26-29-24-27-22(18-8-4-3-5-9-18)20(12-25)23(31)28-24/h3-11,13H,14H2,1-2H3,(H2,27,28,29,31). The molecule has 0 amide bonds. The zero-order valence-electron chi connectivity index (χ0n) is 18.0. The minimum Gasteiger partial charge on any atom is -0.489 e. The van der Waals surface area contributed by atoms with Crippen LogP contribution >= 0.6 is 0 Å². The molecule has 4 rings (SSSR count). The Morgan fingerprint density at radius 3 is 2.76 bits per heavy atom. The lowest BCUT2D eigenvalue weighted by Crippen LogP contribution is -2.16. The summed E-state index contributed by atoms with van der Waals surface area (Å²) in [7, 11) is 0. The van der Waals surface area contributed by atoms with E-state index in [-0.39, 0.29) is 17.2 Å². The molecule has 164 valence electrons. The van der Waals surface area contributed by atoms with Gasteiger partial charge in [0, 0.05) is 5.56 Å². The fourth-order valence-electron chi connectivity index (χ4n) is 3.15. The van der Waals surface area contributed by atoms with Crippen molar-refractivity contribution in [3.8, 4) is 23.1 Å². The van der Waals surface area contributed by atoms with E-state index in [0.717, 1.165) is 22.6 Å². The summed E-state index contributed by atoms with van der Waals surface area (Å²) in [6.07, 6.45) is 1.57. The normalized spacial score (nSPS) is 10.8. The Balaban J connectivity index is 1.48. The number of ether oxygens (including phenoxy) is 1. The van der Waals surface area contributed by atoms with Crippen molar-refractivity contribution >= 4 is 12.2 Å². The van der Waals surface area contributed by atoms with Crippen LogP contribution in [0.4, 0.5) is 5.95 Å². The highest BCUT2D eigenvalue weighted by Gasteiger charge is 2.13. The molecule has 2 heterocycles. The van der Waals surface area contributed by atoms with Crippen LogP contribution in [-0.4, -0.2) is 21.3 Å². The van der Waals surface area contributed by atoms with Crippen molar-refractivity contribution in [2.24, 2.45) is 5.10 Å². The molecule has 0 spiro atoms. The van der Waals surface area contributed by atoms with Crippen LogP contribution in [0.15, 0.2) is 69.0 Å². The van der Waals surface area contributed by atoms with Crippen molar-refractivity contribution in [3.63, 3.8) is 0 Å². The number of hydrazone groups is 1. The number of nitrogens with one attached hydrogen (secondary N) is 2. The Kier molecular flexibility index (Phi) is 6.27. The maximum Gasteiger partial charge on any atom is 0.270 e. The number of benzene rings is 2. The quantitative estimate of drug-likeness (QED) is 0.329. The molecule has 0 unspecified atom stereocenters. The molecule has 0 aliphatic rings. The van der Waals surface area contributed by atoms with Crippen LogP contribution in [0, 0.1) is 25.2 Å². The number of aromatic amines is 1. The van der Waals surface area contributed by atoms with Crippen LogP contribution in [0.5, 0.6) is 5.75 Å². The molecule has 33 heavy (non-hydrogen) atoms. The molecule has 0 bridgehead atoms. The summed E-state index contributed by atoms with van der Waals surface area (Å²) in [4.78, 5) is 19.2. The molecule has 4 aromatic rings. The molecule has 0 aliphatic heterocycles. The minimum atomic E-state index is -0.543. The van der Waals surface area contributed by atoms with Gasteiger partial charge in [0.2, 0.25) is 5.95 Å². The number of aromatic nitrogens is 3. The van der Waals surface area contributed by atoms with E-state index in [1.165, 1.54) is 0 Å². The first-order chi connectivity index (χ1) is 16.0. The lowest BCUT2D eigenvalue weighted by atomic mass is 10.1. The largest absolute Gasteiger partial charge is 0.489 e. The van der Waals surface area contributed by atoms with E-state index in [4.69, 9.17) is 9.26 Å². The second-order valence-corrected chi connectivity index (χ2v) is 7.15. The Morgan fingerprint density at radius 1 is 1.21 bits per heavy atom. The van der Waals surface area contributed by atoms with Crippen molar-refractivity contribution in [1.82, 2.24) is 15.1 Å². The summed E-state index contributed by atoms with van der Waals surface area (Å²) in [6.45, 7) is 4.06. The fraction of sp³-hybridized carbons (Fsp3) is 0.125. The van der Waals surface area contributed by atoms with Crippen molar-refractivity contribution in [3.05, 3.63) is 93.1 Å². The van der Waals surface area contributed by atoms with Gasteiger partial charge >= 0.3 is 0 Å². The Hall–Kier alpha value is -4.71. The van der Waals surface area contributed by atoms with Gasteiger partial charge in [0.1, 0.15) is 29.7 Å². The third-order valence-electron chi connectivity index (χ3n) is 4.88. The molecule has 0 aliphatic carbocycles. The zero-order valence-corrected chi connectivity index (χ0v) is 18.0. The lowest BCUT2D eigenvalue weighted by molar-refractivity contribution is 0.301. The molecule has 9 nitrogen and oxygen atoms in total. The molecule has 2 N–H and O–H groups in total. The van der Waals surface area contributed by atoms with Crippen LogP contribution in [0.3, 0.4) is 0 Å². The van der Waals surface area contributed by atoms with Crippen molar-refractivity contribution in [1.29, 1.82) is 5.26 Å². The number of anilines is 1. The second-order valence-electron chi connectivity index (χ2n) is 7.15. The molecule has 0 fully saturated rings. The number of hydrogen-bond donors (Lipinski definition) is 2. The Morgan fingerprint density at radius 2 is 2.03 bits per heavy atom. The van der Waals surface area contributed by atoms with E-state index in [1.807, 2.05) is 62.4 Å². The van der Waals surface area contributed by atoms with Crippen LogP contribution in [0.25, 0.3) is 11.3 Å². The molecule has 2 aromatic carbocycles. The van der Waals surface area contributed by atoms with Crippen molar-refractivity contribution in [2.45, 2.75) is 20.5 Å². The number of nitriles is 1. The van der Waals surface area contributed by atoms with Crippen LogP contribution in [-0.2, 0) is 6.61 Å². The van der Waals surface area contributed by atoms with Crippen molar-refractivity contribution in [2.75, 3.05) is 5.43 Å². The molecule has 2 aromatic heterocycles. The third-order valence-corrected chi connectivity index (χ3v) is 4.88. The second kappa shape index (κ2) is 9.62. The van der Waals surface area contributed by atoms with Crippen LogP contribution < -0.4 is 15.7 Å². The van der Waals surface area contributed by atoms with Crippen LogP contribution in [0.2, 0.25) is 0 Å². The smallest absolute Gasteiger partial charge is 0.270 e. The maximum atomic E-state index is 12.3. The van der Waals surface area contributed by atoms with Gasteiger partial charge in [-0.15, -0.1) is 0 Å². The molecule has 0 radical (unpaired) electrons. The van der Waals surface area contributed by atoms with Gasteiger partial charge in [0.15, 0.2) is 0 Å². The molecule has 0 saturated heterocycles. The maximum absolute atomic E-state index is 12.3. The first kappa shape index (κ1) is 21.5. The molecule has 9 heteroatoms. The van der Waals surface area contributed by atoms with E-state index in [1.54, 1.807) is 18.3 Å². The summed E-state index contributed by atoms with van der Waals surface area (Å²) >= 11 is 0. The third kappa shape index (κ3) is 4.97. The van der Waals surface area contributed by atoms with Gasteiger partial charge in [0.05, 0.1) is 23.2 Å². The average molecular weight is 440 g/mol. The average Bonchev–Trinajstić information content (AvgIpc) is 3.15. The van der Waals surface area contributed by atoms with E-state index in [0.29, 0.717) is 17.9 Å². The number of aryl methyl sites for hydroxylation is 2. The summed E-state index contributed by atoms with van der Waals surface area (Å²) in [5, 5.41) is 17.4. The predicted molar refractivity (Wildman–Crippen MR) is 123 cm³/mol. The Labute approximate surface area is 189 Å². The van der Waals surface area contributed by atoms with Crippen LogP contribution in [0.1, 0.15) is 28.1 Å². The fourth-order valence-corrected chi connectivity index (χ4v) is 3.15. The number of hydrogen-bond acceptors (Lipinski definition) is 8. The van der Waals surface area contributed by atoms with Gasteiger partial charge < -0.3 is 9.26 Å². The van der Waals surface area contributed by atoms with Crippen molar-refractivity contribution < 1.29 is 9.26 Å². The van der Waals surface area contributed by atoms with Gasteiger partial charge in [0.25, 0.3) is 5.56 Å². The number of nitrogens with zero attached hydrogens (tertiary/aromatic N) is 4. The summed E-state index contributed by atoms with van der Waals surface area (Å²) in [5.41, 5.74) is 5.56. The highest BCUT2D eigenvalue weighted by molar-refractivity contribution is 5.80.